The predicted molar refractivity (Wildman–Crippen MR) is 151 cm³/mol. The summed E-state index contributed by atoms with van der Waals surface area (Å²) in [6.45, 7) is 3.90. The number of hydrogen-bond donors (Lipinski definition) is 2. The fraction of sp³-hybridized carbons (Fsp3) is 0.429. The number of halogens is 4. The number of aromatic amines is 1. The normalized spacial score (nSPS) is 17.8. The molecule has 0 bridgehead atoms. The van der Waals surface area contributed by atoms with Crippen molar-refractivity contribution in [3.8, 4) is 11.1 Å². The van der Waals surface area contributed by atoms with E-state index in [9.17, 15) is 22.8 Å². The number of anilines is 3. The third kappa shape index (κ3) is 7.12. The number of morpholine rings is 2. The molecule has 11 nitrogen and oxygen atoms in total. The Morgan fingerprint density at radius 2 is 1.79 bits per heavy atom. The number of hydrogen-bond acceptors (Lipinski definition) is 9. The van der Waals surface area contributed by atoms with Crippen LogP contribution in [0.2, 0.25) is 0 Å². The summed E-state index contributed by atoms with van der Waals surface area (Å²) in [7, 11) is 3.77. The van der Waals surface area contributed by atoms with Crippen LogP contribution in [0.4, 0.5) is 34.9 Å². The molecule has 2 aliphatic heterocycles. The van der Waals surface area contributed by atoms with Gasteiger partial charge < -0.3 is 34.5 Å². The molecule has 1 unspecified atom stereocenters. The number of likely N-dealkylation sites (N-methyl/N-ethyl adjacent to an activating group) is 1. The predicted octanol–water partition coefficient (Wildman–Crippen LogP) is 2.85. The Kier molecular flexibility index (Phi) is 8.94. The zero-order chi connectivity index (χ0) is 30.7. The van der Waals surface area contributed by atoms with Crippen LogP contribution in [-0.2, 0) is 15.7 Å². The summed E-state index contributed by atoms with van der Waals surface area (Å²) >= 11 is 0. The van der Waals surface area contributed by atoms with Crippen molar-refractivity contribution in [2.45, 2.75) is 12.3 Å². The lowest BCUT2D eigenvalue weighted by Gasteiger charge is -2.36. The minimum Gasteiger partial charge on any atom is -0.378 e. The molecule has 0 radical (unpaired) electrons. The molecule has 230 valence electrons. The molecule has 1 atom stereocenters. The summed E-state index contributed by atoms with van der Waals surface area (Å²) in [6.07, 6.45) is -1.57. The van der Waals surface area contributed by atoms with Crippen molar-refractivity contribution < 1.29 is 31.8 Å². The molecule has 1 aromatic carbocycles. The van der Waals surface area contributed by atoms with E-state index in [4.69, 9.17) is 9.47 Å². The van der Waals surface area contributed by atoms with Crippen LogP contribution in [0.25, 0.3) is 11.1 Å². The minimum absolute atomic E-state index is 0.0446. The van der Waals surface area contributed by atoms with Crippen molar-refractivity contribution in [2.75, 3.05) is 81.8 Å². The maximum atomic E-state index is 15.7. The number of pyridine rings is 1. The lowest BCUT2D eigenvalue weighted by Crippen LogP contribution is -2.46. The van der Waals surface area contributed by atoms with Crippen LogP contribution >= 0.6 is 0 Å². The van der Waals surface area contributed by atoms with E-state index in [0.717, 1.165) is 0 Å². The first kappa shape index (κ1) is 30.4. The second-order valence-corrected chi connectivity index (χ2v) is 10.5. The van der Waals surface area contributed by atoms with Crippen LogP contribution in [-0.4, -0.2) is 98.5 Å². The van der Waals surface area contributed by atoms with Gasteiger partial charge >= 0.3 is 6.18 Å². The number of rotatable bonds is 7. The van der Waals surface area contributed by atoms with Crippen LogP contribution in [0.15, 0.2) is 41.6 Å². The zero-order valence-electron chi connectivity index (χ0n) is 23.6. The summed E-state index contributed by atoms with van der Waals surface area (Å²) in [5, 5.41) is 2.53. The first-order valence-electron chi connectivity index (χ1n) is 13.6. The van der Waals surface area contributed by atoms with Gasteiger partial charge in [0.25, 0.3) is 5.91 Å². The molecule has 15 heteroatoms. The number of benzene rings is 1. The molecule has 0 saturated carbocycles. The largest absolute Gasteiger partial charge is 0.417 e. The van der Waals surface area contributed by atoms with Gasteiger partial charge in [-0.2, -0.15) is 13.2 Å². The Bertz CT molecular complexity index is 1510. The summed E-state index contributed by atoms with van der Waals surface area (Å²) < 4.78 is 68.0. The van der Waals surface area contributed by atoms with Crippen LogP contribution < -0.4 is 20.7 Å². The second-order valence-electron chi connectivity index (χ2n) is 10.5. The second kappa shape index (κ2) is 12.7. The average Bonchev–Trinajstić information content (AvgIpc) is 2.97. The number of carbonyl (C=O) groups excluding carboxylic acids is 1. The number of nitrogens with one attached hydrogen (secondary N) is 2. The highest BCUT2D eigenvalue weighted by atomic mass is 19.4. The van der Waals surface area contributed by atoms with Crippen molar-refractivity contribution in [1.29, 1.82) is 0 Å². The van der Waals surface area contributed by atoms with Crippen molar-refractivity contribution >= 4 is 23.2 Å². The number of amides is 1. The molecule has 43 heavy (non-hydrogen) atoms. The van der Waals surface area contributed by atoms with Gasteiger partial charge in [-0.3, -0.25) is 9.59 Å². The summed E-state index contributed by atoms with van der Waals surface area (Å²) in [5.41, 5.74) is -2.48. The SMILES string of the molecule is CN(C)CC1CN(c2cc(F)c(-c3cnc(N4CCOCC4)nc3)cc2NC(=O)c2c[nH]c(=O)cc2C(F)(F)F)CCO1. The Balaban J connectivity index is 1.52. The highest BCUT2D eigenvalue weighted by Gasteiger charge is 2.36. The van der Waals surface area contributed by atoms with Gasteiger partial charge in [0.15, 0.2) is 0 Å². The Hall–Kier alpha value is -4.08. The number of nitrogens with zero attached hydrogens (tertiary/aromatic N) is 5. The van der Waals surface area contributed by atoms with E-state index in [1.54, 1.807) is 0 Å². The number of alkyl halides is 3. The van der Waals surface area contributed by atoms with Crippen LogP contribution in [0.1, 0.15) is 15.9 Å². The fourth-order valence-electron chi connectivity index (χ4n) is 5.07. The maximum Gasteiger partial charge on any atom is 0.417 e. The quantitative estimate of drug-likeness (QED) is 0.393. The molecular weight excluding hydrogens is 574 g/mol. The van der Waals surface area contributed by atoms with Crippen molar-refractivity contribution in [3.05, 3.63) is 64.1 Å². The van der Waals surface area contributed by atoms with E-state index in [0.29, 0.717) is 76.3 Å². The van der Waals surface area contributed by atoms with E-state index in [1.165, 1.54) is 24.5 Å². The molecule has 2 N–H and O–H groups in total. The van der Waals surface area contributed by atoms with Gasteiger partial charge in [-0.15, -0.1) is 0 Å². The highest BCUT2D eigenvalue weighted by Crippen LogP contribution is 2.36. The Morgan fingerprint density at radius 3 is 2.47 bits per heavy atom. The molecule has 0 spiro atoms. The molecule has 2 fully saturated rings. The van der Waals surface area contributed by atoms with Gasteiger partial charge in [-0.05, 0) is 26.2 Å². The van der Waals surface area contributed by atoms with E-state index in [-0.39, 0.29) is 23.0 Å². The molecule has 2 aromatic heterocycles. The van der Waals surface area contributed by atoms with Crippen LogP contribution in [0, 0.1) is 5.82 Å². The van der Waals surface area contributed by atoms with Gasteiger partial charge in [0.2, 0.25) is 11.5 Å². The van der Waals surface area contributed by atoms with Crippen molar-refractivity contribution in [2.24, 2.45) is 0 Å². The molecule has 0 aliphatic carbocycles. The summed E-state index contributed by atoms with van der Waals surface area (Å²) in [4.78, 5) is 41.5. The maximum absolute atomic E-state index is 15.7. The van der Waals surface area contributed by atoms with Crippen LogP contribution in [0.5, 0.6) is 0 Å². The smallest absolute Gasteiger partial charge is 0.378 e. The van der Waals surface area contributed by atoms with Crippen molar-refractivity contribution in [3.63, 3.8) is 0 Å². The summed E-state index contributed by atoms with van der Waals surface area (Å²) in [5.74, 6) is -1.30. The molecule has 4 heterocycles. The minimum atomic E-state index is -4.96. The zero-order valence-corrected chi connectivity index (χ0v) is 23.6. The third-order valence-electron chi connectivity index (χ3n) is 7.10. The first-order valence-corrected chi connectivity index (χ1v) is 13.6. The van der Waals surface area contributed by atoms with Gasteiger partial charge in [-0.25, -0.2) is 14.4 Å². The number of aromatic nitrogens is 3. The molecule has 1 amide bonds. The topological polar surface area (TPSA) is 116 Å². The van der Waals surface area contributed by atoms with Crippen LogP contribution in [0.3, 0.4) is 0 Å². The standard InChI is InChI=1S/C28H31F4N7O4/c1-37(2)15-18-16-39(5-8-43-18)24-11-22(29)19(17-12-34-27(35-13-17)38-3-6-42-7-4-38)9-23(24)36-26(41)20-14-33-25(40)10-21(20)28(30,31)32/h9-14,18H,3-8,15-16H2,1-2H3,(H,33,40)(H,36,41). The van der Waals surface area contributed by atoms with E-state index < -0.39 is 34.6 Å². The van der Waals surface area contributed by atoms with E-state index in [1.807, 2.05) is 28.8 Å². The van der Waals surface area contributed by atoms with Gasteiger partial charge in [-0.1, -0.05) is 0 Å². The van der Waals surface area contributed by atoms with E-state index in [2.05, 4.69) is 20.3 Å². The van der Waals surface area contributed by atoms with E-state index >= 15 is 4.39 Å². The number of H-pyrrole nitrogens is 1. The van der Waals surface area contributed by atoms with Crippen molar-refractivity contribution in [1.82, 2.24) is 19.9 Å². The molecular formula is C28H31F4N7O4. The lowest BCUT2D eigenvalue weighted by atomic mass is 10.0. The lowest BCUT2D eigenvalue weighted by molar-refractivity contribution is -0.138. The number of ether oxygens (including phenoxy) is 2. The van der Waals surface area contributed by atoms with Gasteiger partial charge in [0.05, 0.1) is 48.4 Å². The Labute approximate surface area is 244 Å². The summed E-state index contributed by atoms with van der Waals surface area (Å²) in [6, 6.07) is 2.91. The Morgan fingerprint density at radius 1 is 1.09 bits per heavy atom. The molecule has 3 aromatic rings. The third-order valence-corrected chi connectivity index (χ3v) is 7.10. The molecule has 2 aliphatic rings. The fourth-order valence-corrected chi connectivity index (χ4v) is 5.07. The average molecular weight is 606 g/mol. The monoisotopic (exact) mass is 605 g/mol. The van der Waals surface area contributed by atoms with Gasteiger partial charge in [0.1, 0.15) is 5.82 Å². The van der Waals surface area contributed by atoms with Gasteiger partial charge in [0, 0.05) is 68.5 Å². The molecule has 5 rings (SSSR count). The highest BCUT2D eigenvalue weighted by molar-refractivity contribution is 6.07. The first-order chi connectivity index (χ1) is 20.5. The molecule has 2 saturated heterocycles. The number of carbonyl (C=O) groups is 1.